The molecule has 0 amide bonds. The summed E-state index contributed by atoms with van der Waals surface area (Å²) in [6.45, 7) is 4.75. The van der Waals surface area contributed by atoms with Crippen LogP contribution in [0.25, 0.3) is 5.69 Å². The predicted molar refractivity (Wildman–Crippen MR) is 110 cm³/mol. The lowest BCUT2D eigenvalue weighted by atomic mass is 10.1. The highest BCUT2D eigenvalue weighted by Gasteiger charge is 2.21. The van der Waals surface area contributed by atoms with Gasteiger partial charge in [0.05, 0.1) is 25.0 Å². The Morgan fingerprint density at radius 2 is 1.93 bits per heavy atom. The number of benzene rings is 2. The van der Waals surface area contributed by atoms with Crippen molar-refractivity contribution in [3.8, 4) is 5.69 Å². The quantitative estimate of drug-likeness (QED) is 0.665. The summed E-state index contributed by atoms with van der Waals surface area (Å²) in [5.41, 5.74) is 3.23. The average molecular weight is 415 g/mol. The third-order valence-corrected chi connectivity index (χ3v) is 4.78. The molecule has 1 saturated heterocycles. The van der Waals surface area contributed by atoms with Crippen LogP contribution in [-0.4, -0.2) is 54.3 Å². The molecule has 30 heavy (non-hydrogen) atoms. The maximum Gasteiger partial charge on any atom is 0.246 e. The molecule has 1 aliphatic rings. The number of nitrogens with zero attached hydrogens (tertiary/aromatic N) is 4. The molecule has 0 spiro atoms. The summed E-state index contributed by atoms with van der Waals surface area (Å²) in [4.78, 5) is 6.46. The second-order valence-electron chi connectivity index (χ2n) is 7.22. The van der Waals surface area contributed by atoms with E-state index in [1.165, 1.54) is 23.1 Å². The van der Waals surface area contributed by atoms with Crippen molar-refractivity contribution in [2.75, 3.05) is 43.6 Å². The molecule has 7 nitrogen and oxygen atoms in total. The van der Waals surface area contributed by atoms with Crippen LogP contribution in [-0.2, 0) is 9.47 Å². The summed E-state index contributed by atoms with van der Waals surface area (Å²) in [5.74, 6) is -1.01. The molecule has 1 unspecified atom stereocenters. The van der Waals surface area contributed by atoms with Gasteiger partial charge in [0, 0.05) is 37.6 Å². The molecule has 0 bridgehead atoms. The molecule has 1 fully saturated rings. The molecular weight excluding hydrogens is 392 g/mol. The largest absolute Gasteiger partial charge is 0.382 e. The highest BCUT2D eigenvalue weighted by atomic mass is 19.1. The van der Waals surface area contributed by atoms with Crippen LogP contribution in [0.1, 0.15) is 5.56 Å². The van der Waals surface area contributed by atoms with Crippen LogP contribution in [0.4, 0.5) is 26.1 Å². The molecule has 1 atom stereocenters. The van der Waals surface area contributed by atoms with Crippen LogP contribution >= 0.6 is 0 Å². The van der Waals surface area contributed by atoms with Crippen molar-refractivity contribution in [3.05, 3.63) is 59.9 Å². The Morgan fingerprint density at radius 1 is 1.13 bits per heavy atom. The lowest BCUT2D eigenvalue weighted by Gasteiger charge is -2.34. The van der Waals surface area contributed by atoms with Gasteiger partial charge in [0.2, 0.25) is 5.95 Å². The second-order valence-corrected chi connectivity index (χ2v) is 7.22. The second kappa shape index (κ2) is 8.76. The number of ether oxygens (including phenoxy) is 2. The van der Waals surface area contributed by atoms with Crippen molar-refractivity contribution in [2.45, 2.75) is 13.0 Å². The van der Waals surface area contributed by atoms with Crippen LogP contribution in [0.5, 0.6) is 0 Å². The van der Waals surface area contributed by atoms with Crippen LogP contribution in [0.3, 0.4) is 0 Å². The van der Waals surface area contributed by atoms with E-state index in [2.05, 4.69) is 26.4 Å². The van der Waals surface area contributed by atoms with Crippen molar-refractivity contribution >= 4 is 17.3 Å². The molecule has 1 aliphatic heterocycles. The zero-order valence-electron chi connectivity index (χ0n) is 16.8. The first-order valence-electron chi connectivity index (χ1n) is 9.62. The Morgan fingerprint density at radius 3 is 2.70 bits per heavy atom. The summed E-state index contributed by atoms with van der Waals surface area (Å²) in [5, 5.41) is 7.44. The average Bonchev–Trinajstić information content (AvgIpc) is 3.16. The van der Waals surface area contributed by atoms with E-state index >= 15 is 0 Å². The van der Waals surface area contributed by atoms with Crippen molar-refractivity contribution in [1.82, 2.24) is 14.8 Å². The zero-order valence-corrected chi connectivity index (χ0v) is 16.8. The van der Waals surface area contributed by atoms with Crippen molar-refractivity contribution in [1.29, 1.82) is 0 Å². The first kappa shape index (κ1) is 20.2. The first-order chi connectivity index (χ1) is 14.5. The molecule has 0 aliphatic carbocycles. The van der Waals surface area contributed by atoms with E-state index in [0.29, 0.717) is 19.2 Å². The van der Waals surface area contributed by atoms with E-state index in [4.69, 9.17) is 9.47 Å². The number of anilines is 3. The number of methoxy groups -OCH3 is 1. The van der Waals surface area contributed by atoms with E-state index in [1.807, 2.05) is 19.1 Å². The molecule has 0 radical (unpaired) electrons. The standard InChI is InChI=1S/C21H23F2N5O2/c1-14-5-17(10-18(6-14)27-3-4-30-20(11-27)12-29-2)25-21-24-13-28(26-21)19-8-15(22)7-16(23)9-19/h5-10,13,20H,3-4,11-12H2,1-2H3,(H,25,26). The summed E-state index contributed by atoms with van der Waals surface area (Å²) in [6, 6.07) is 9.32. The molecule has 1 aromatic heterocycles. The summed E-state index contributed by atoms with van der Waals surface area (Å²) in [7, 11) is 1.67. The minimum atomic E-state index is -0.671. The molecule has 0 saturated carbocycles. The van der Waals surface area contributed by atoms with Gasteiger partial charge in [0.15, 0.2) is 0 Å². The molecule has 158 valence electrons. The third-order valence-electron chi connectivity index (χ3n) is 4.78. The maximum atomic E-state index is 13.5. The summed E-state index contributed by atoms with van der Waals surface area (Å²) < 4.78 is 39.2. The van der Waals surface area contributed by atoms with Gasteiger partial charge >= 0.3 is 0 Å². The maximum absolute atomic E-state index is 13.5. The number of hydrogen-bond donors (Lipinski definition) is 1. The number of aryl methyl sites for hydroxylation is 1. The van der Waals surface area contributed by atoms with Gasteiger partial charge in [-0.3, -0.25) is 0 Å². The summed E-state index contributed by atoms with van der Waals surface area (Å²) >= 11 is 0. The summed E-state index contributed by atoms with van der Waals surface area (Å²) in [6.07, 6.45) is 1.44. The van der Waals surface area contributed by atoms with Gasteiger partial charge in [-0.05, 0) is 42.8 Å². The molecule has 9 heteroatoms. The van der Waals surface area contributed by atoms with Gasteiger partial charge in [-0.1, -0.05) is 0 Å². The predicted octanol–water partition coefficient (Wildman–Crippen LogP) is 3.45. The number of aromatic nitrogens is 3. The van der Waals surface area contributed by atoms with E-state index in [-0.39, 0.29) is 11.8 Å². The topological polar surface area (TPSA) is 64.4 Å². The Kier molecular flexibility index (Phi) is 5.91. The van der Waals surface area contributed by atoms with Crippen LogP contribution < -0.4 is 10.2 Å². The molecule has 2 heterocycles. The van der Waals surface area contributed by atoms with Crippen LogP contribution in [0.15, 0.2) is 42.7 Å². The fraction of sp³-hybridized carbons (Fsp3) is 0.333. The first-order valence-corrected chi connectivity index (χ1v) is 9.62. The molecule has 4 rings (SSSR count). The minimum Gasteiger partial charge on any atom is -0.382 e. The smallest absolute Gasteiger partial charge is 0.246 e. The normalized spacial score (nSPS) is 16.7. The highest BCUT2D eigenvalue weighted by Crippen LogP contribution is 2.26. The Balaban J connectivity index is 1.52. The number of morpholine rings is 1. The Bertz CT molecular complexity index is 1000. The van der Waals surface area contributed by atoms with E-state index in [0.717, 1.165) is 36.1 Å². The van der Waals surface area contributed by atoms with Gasteiger partial charge in [-0.2, -0.15) is 4.98 Å². The monoisotopic (exact) mass is 415 g/mol. The number of hydrogen-bond acceptors (Lipinski definition) is 6. The lowest BCUT2D eigenvalue weighted by molar-refractivity contribution is -0.0100. The van der Waals surface area contributed by atoms with Gasteiger partial charge in [0.1, 0.15) is 18.0 Å². The fourth-order valence-electron chi connectivity index (χ4n) is 3.50. The molecule has 2 aromatic carbocycles. The van der Waals surface area contributed by atoms with Gasteiger partial charge in [0.25, 0.3) is 0 Å². The van der Waals surface area contributed by atoms with Crippen molar-refractivity contribution < 1.29 is 18.3 Å². The molecule has 1 N–H and O–H groups in total. The van der Waals surface area contributed by atoms with E-state index in [9.17, 15) is 8.78 Å². The van der Waals surface area contributed by atoms with Crippen molar-refractivity contribution in [3.63, 3.8) is 0 Å². The van der Waals surface area contributed by atoms with Crippen molar-refractivity contribution in [2.24, 2.45) is 0 Å². The number of nitrogens with one attached hydrogen (secondary N) is 1. The highest BCUT2D eigenvalue weighted by molar-refractivity contribution is 5.64. The zero-order chi connectivity index (χ0) is 21.1. The number of rotatable bonds is 6. The fourth-order valence-corrected chi connectivity index (χ4v) is 3.50. The van der Waals surface area contributed by atoms with E-state index < -0.39 is 11.6 Å². The third kappa shape index (κ3) is 4.74. The minimum absolute atomic E-state index is 0.0321. The van der Waals surface area contributed by atoms with Gasteiger partial charge < -0.3 is 19.7 Å². The number of halogens is 2. The SMILES string of the molecule is COCC1CN(c2cc(C)cc(Nc3ncn(-c4cc(F)cc(F)c4)n3)c2)CCO1. The Hall–Kier alpha value is -3.04. The molecular formula is C21H23F2N5O2. The van der Waals surface area contributed by atoms with Gasteiger partial charge in [-0.25, -0.2) is 13.5 Å². The van der Waals surface area contributed by atoms with Crippen LogP contribution in [0, 0.1) is 18.6 Å². The Labute approximate surface area is 173 Å². The molecule has 3 aromatic rings. The van der Waals surface area contributed by atoms with E-state index in [1.54, 1.807) is 7.11 Å². The lowest BCUT2D eigenvalue weighted by Crippen LogP contribution is -2.44. The van der Waals surface area contributed by atoms with Crippen LogP contribution in [0.2, 0.25) is 0 Å². The van der Waals surface area contributed by atoms with Gasteiger partial charge in [-0.15, -0.1) is 5.10 Å².